The number of ether oxygens (including phenoxy) is 2. The zero-order valence-corrected chi connectivity index (χ0v) is 10.9. The zero-order chi connectivity index (χ0) is 11.6. The van der Waals surface area contributed by atoms with Crippen molar-refractivity contribution in [2.45, 2.75) is 45.6 Å². The summed E-state index contributed by atoms with van der Waals surface area (Å²) in [6.45, 7) is 10.1. The smallest absolute Gasteiger partial charge is 0.0619 e. The predicted molar refractivity (Wildman–Crippen MR) is 66.8 cm³/mol. The molecule has 0 radical (unpaired) electrons. The Balaban J connectivity index is 1.94. The molecule has 0 aromatic heterocycles. The molecule has 1 atom stereocenters. The maximum atomic E-state index is 5.71. The molecule has 0 aromatic rings. The normalized spacial score (nSPS) is 19.9. The number of nitrogens with zero attached hydrogens (tertiary/aromatic N) is 1. The number of rotatable bonds is 8. The predicted octanol–water partition coefficient (Wildman–Crippen LogP) is 2.30. The Bertz CT molecular complexity index is 158. The molecule has 0 spiro atoms. The third kappa shape index (κ3) is 5.83. The third-order valence-electron chi connectivity index (χ3n) is 3.17. The van der Waals surface area contributed by atoms with Gasteiger partial charge < -0.3 is 9.47 Å². The molecule has 1 aliphatic heterocycles. The van der Waals surface area contributed by atoms with E-state index in [0.717, 1.165) is 39.5 Å². The van der Waals surface area contributed by atoms with Crippen LogP contribution in [-0.2, 0) is 9.47 Å². The Hall–Kier alpha value is -0.120. The van der Waals surface area contributed by atoms with Gasteiger partial charge in [-0.25, -0.2) is 0 Å². The van der Waals surface area contributed by atoms with Crippen molar-refractivity contribution in [2.24, 2.45) is 0 Å². The minimum absolute atomic E-state index is 0.537. The molecule has 96 valence electrons. The lowest BCUT2D eigenvalue weighted by atomic mass is 10.2. The molecule has 0 saturated carbocycles. The van der Waals surface area contributed by atoms with Crippen molar-refractivity contribution in [1.82, 2.24) is 4.90 Å². The van der Waals surface area contributed by atoms with Crippen LogP contribution in [0.2, 0.25) is 0 Å². The molecule has 1 aliphatic rings. The topological polar surface area (TPSA) is 21.7 Å². The minimum atomic E-state index is 0.537. The van der Waals surface area contributed by atoms with E-state index in [9.17, 15) is 0 Å². The Morgan fingerprint density at radius 2 is 1.94 bits per heavy atom. The van der Waals surface area contributed by atoms with Gasteiger partial charge >= 0.3 is 0 Å². The zero-order valence-electron chi connectivity index (χ0n) is 10.9. The summed E-state index contributed by atoms with van der Waals surface area (Å²) in [5, 5.41) is 0. The highest BCUT2D eigenvalue weighted by Crippen LogP contribution is 2.05. The average molecular weight is 229 g/mol. The number of unbranched alkanes of at least 4 members (excludes halogenated alkanes) is 3. The van der Waals surface area contributed by atoms with Crippen LogP contribution < -0.4 is 0 Å². The van der Waals surface area contributed by atoms with Crippen LogP contribution in [0.3, 0.4) is 0 Å². The largest absolute Gasteiger partial charge is 0.380 e. The quantitative estimate of drug-likeness (QED) is 0.596. The van der Waals surface area contributed by atoms with E-state index in [1.165, 1.54) is 25.7 Å². The molecule has 1 fully saturated rings. The first-order chi connectivity index (χ1) is 7.84. The Kier molecular flexibility index (Phi) is 7.81. The van der Waals surface area contributed by atoms with Gasteiger partial charge in [0, 0.05) is 25.7 Å². The highest BCUT2D eigenvalue weighted by atomic mass is 16.5. The van der Waals surface area contributed by atoms with Gasteiger partial charge in [0.05, 0.1) is 19.8 Å². The fraction of sp³-hybridized carbons (Fsp3) is 1.00. The lowest BCUT2D eigenvalue weighted by molar-refractivity contribution is -0.00592. The first-order valence-corrected chi connectivity index (χ1v) is 6.74. The number of hydrogen-bond donors (Lipinski definition) is 0. The van der Waals surface area contributed by atoms with E-state index in [-0.39, 0.29) is 0 Å². The summed E-state index contributed by atoms with van der Waals surface area (Å²) in [6.07, 6.45) is 5.15. The van der Waals surface area contributed by atoms with E-state index in [4.69, 9.17) is 9.47 Å². The van der Waals surface area contributed by atoms with Crippen LogP contribution in [0.15, 0.2) is 0 Å². The second kappa shape index (κ2) is 8.97. The van der Waals surface area contributed by atoms with Crippen LogP contribution >= 0.6 is 0 Å². The number of hydrogen-bond acceptors (Lipinski definition) is 3. The fourth-order valence-electron chi connectivity index (χ4n) is 2.01. The molecule has 0 amide bonds. The van der Waals surface area contributed by atoms with Gasteiger partial charge in [0.2, 0.25) is 0 Å². The summed E-state index contributed by atoms with van der Waals surface area (Å²) in [5.41, 5.74) is 0. The van der Waals surface area contributed by atoms with Crippen LogP contribution in [0.5, 0.6) is 0 Å². The third-order valence-corrected chi connectivity index (χ3v) is 3.17. The van der Waals surface area contributed by atoms with Crippen LogP contribution in [-0.4, -0.2) is 50.5 Å². The van der Waals surface area contributed by atoms with Gasteiger partial charge in [-0.2, -0.15) is 0 Å². The lowest BCUT2D eigenvalue weighted by Crippen LogP contribution is -2.44. The average Bonchev–Trinajstić information content (AvgIpc) is 2.34. The molecular weight excluding hydrogens is 202 g/mol. The molecular formula is C13H27NO2. The molecule has 0 aromatic carbocycles. The molecule has 0 N–H and O–H groups in total. The second-order valence-corrected chi connectivity index (χ2v) is 4.63. The highest BCUT2D eigenvalue weighted by molar-refractivity contribution is 4.69. The maximum absolute atomic E-state index is 5.71. The van der Waals surface area contributed by atoms with E-state index in [0.29, 0.717) is 6.04 Å². The van der Waals surface area contributed by atoms with Crippen LogP contribution in [0.4, 0.5) is 0 Å². The molecule has 1 unspecified atom stereocenters. The summed E-state index contributed by atoms with van der Waals surface area (Å²) in [5.74, 6) is 0. The first kappa shape index (κ1) is 13.9. The molecule has 1 rings (SSSR count). The van der Waals surface area contributed by atoms with Gasteiger partial charge in [0.1, 0.15) is 0 Å². The Morgan fingerprint density at radius 3 is 2.62 bits per heavy atom. The number of morpholine rings is 1. The van der Waals surface area contributed by atoms with Crippen molar-refractivity contribution in [3.05, 3.63) is 0 Å². The standard InChI is InChI=1S/C13H27NO2/c1-3-4-5-6-9-16-12-13(2)14-7-10-15-11-8-14/h13H,3-12H2,1-2H3. The molecule has 1 saturated heterocycles. The molecule has 16 heavy (non-hydrogen) atoms. The summed E-state index contributed by atoms with van der Waals surface area (Å²) in [4.78, 5) is 2.45. The van der Waals surface area contributed by atoms with Crippen molar-refractivity contribution in [3.8, 4) is 0 Å². The van der Waals surface area contributed by atoms with Crippen LogP contribution in [0.1, 0.15) is 39.5 Å². The van der Waals surface area contributed by atoms with Crippen molar-refractivity contribution >= 4 is 0 Å². The monoisotopic (exact) mass is 229 g/mol. The van der Waals surface area contributed by atoms with Crippen molar-refractivity contribution in [2.75, 3.05) is 39.5 Å². The van der Waals surface area contributed by atoms with Crippen molar-refractivity contribution < 1.29 is 9.47 Å². The van der Waals surface area contributed by atoms with E-state index < -0.39 is 0 Å². The Labute approximate surface area is 100 Å². The molecule has 3 heteroatoms. The van der Waals surface area contributed by atoms with Crippen LogP contribution in [0, 0.1) is 0 Å². The molecule has 3 nitrogen and oxygen atoms in total. The summed E-state index contributed by atoms with van der Waals surface area (Å²) >= 11 is 0. The highest BCUT2D eigenvalue weighted by Gasteiger charge is 2.16. The van der Waals surface area contributed by atoms with E-state index in [1.54, 1.807) is 0 Å². The summed E-state index contributed by atoms with van der Waals surface area (Å²) < 4.78 is 11.1. The maximum Gasteiger partial charge on any atom is 0.0619 e. The van der Waals surface area contributed by atoms with Crippen molar-refractivity contribution in [3.63, 3.8) is 0 Å². The van der Waals surface area contributed by atoms with Gasteiger partial charge in [-0.3, -0.25) is 4.90 Å². The second-order valence-electron chi connectivity index (χ2n) is 4.63. The SMILES string of the molecule is CCCCCCOCC(C)N1CCOCC1. The van der Waals surface area contributed by atoms with Crippen molar-refractivity contribution in [1.29, 1.82) is 0 Å². The molecule has 1 heterocycles. The van der Waals surface area contributed by atoms with Gasteiger partial charge in [-0.1, -0.05) is 26.2 Å². The van der Waals surface area contributed by atoms with E-state index >= 15 is 0 Å². The lowest BCUT2D eigenvalue weighted by Gasteiger charge is -2.32. The summed E-state index contributed by atoms with van der Waals surface area (Å²) in [6, 6.07) is 0.537. The van der Waals surface area contributed by atoms with E-state index in [1.807, 2.05) is 0 Å². The Morgan fingerprint density at radius 1 is 1.19 bits per heavy atom. The summed E-state index contributed by atoms with van der Waals surface area (Å²) in [7, 11) is 0. The van der Waals surface area contributed by atoms with Gasteiger partial charge in [-0.05, 0) is 13.3 Å². The van der Waals surface area contributed by atoms with Gasteiger partial charge in [-0.15, -0.1) is 0 Å². The fourth-order valence-corrected chi connectivity index (χ4v) is 2.01. The van der Waals surface area contributed by atoms with E-state index in [2.05, 4.69) is 18.7 Å². The first-order valence-electron chi connectivity index (χ1n) is 6.74. The minimum Gasteiger partial charge on any atom is -0.380 e. The van der Waals surface area contributed by atoms with Gasteiger partial charge in [0.15, 0.2) is 0 Å². The molecule has 0 bridgehead atoms. The molecule has 0 aliphatic carbocycles. The van der Waals surface area contributed by atoms with Crippen LogP contribution in [0.25, 0.3) is 0 Å². The van der Waals surface area contributed by atoms with Gasteiger partial charge in [0.25, 0.3) is 0 Å².